The van der Waals surface area contributed by atoms with Crippen molar-refractivity contribution >= 4 is 32.8 Å². The Labute approximate surface area is 143 Å². The molecule has 0 atom stereocenters. The number of nitrogen functional groups attached to an aromatic ring is 1. The van der Waals surface area contributed by atoms with E-state index in [0.29, 0.717) is 16.5 Å². The summed E-state index contributed by atoms with van der Waals surface area (Å²) in [7, 11) is 0. The summed E-state index contributed by atoms with van der Waals surface area (Å²) in [6.45, 7) is 0. The van der Waals surface area contributed by atoms with Crippen LogP contribution in [0.15, 0.2) is 59.4 Å². The van der Waals surface area contributed by atoms with Crippen LogP contribution in [0.25, 0.3) is 38.2 Å². The van der Waals surface area contributed by atoms with Crippen molar-refractivity contribution in [3.8, 4) is 23.3 Å². The Kier molecular flexibility index (Phi) is 3.13. The van der Waals surface area contributed by atoms with Crippen LogP contribution in [0.5, 0.6) is 0 Å². The molecular formula is C21H11N3O. The molecule has 4 aromatic carbocycles. The number of hydrogen-bond donors (Lipinski definition) is 1. The minimum absolute atomic E-state index is 0.154. The van der Waals surface area contributed by atoms with E-state index in [1.54, 1.807) is 12.1 Å². The maximum absolute atomic E-state index is 12.8. The van der Waals surface area contributed by atoms with Crippen molar-refractivity contribution in [3.63, 3.8) is 0 Å². The zero-order chi connectivity index (χ0) is 17.6. The Bertz CT molecular complexity index is 1320. The monoisotopic (exact) mass is 321 g/mol. The Hall–Kier alpha value is -3.89. The van der Waals surface area contributed by atoms with Crippen molar-refractivity contribution in [2.75, 3.05) is 5.73 Å². The molecule has 0 saturated carbocycles. The Morgan fingerprint density at radius 3 is 2.32 bits per heavy atom. The fourth-order valence-corrected chi connectivity index (χ4v) is 3.40. The van der Waals surface area contributed by atoms with Crippen molar-refractivity contribution in [1.29, 1.82) is 10.5 Å². The van der Waals surface area contributed by atoms with E-state index in [-0.39, 0.29) is 16.2 Å². The zero-order valence-electron chi connectivity index (χ0n) is 13.1. The molecule has 4 nitrogen and oxygen atoms in total. The van der Waals surface area contributed by atoms with Gasteiger partial charge in [0.2, 0.25) is 0 Å². The number of anilines is 1. The number of nitrogens with two attached hydrogens (primary N) is 1. The van der Waals surface area contributed by atoms with Gasteiger partial charge in [-0.3, -0.25) is 4.79 Å². The van der Waals surface area contributed by atoms with E-state index in [0.717, 1.165) is 21.9 Å². The lowest BCUT2D eigenvalue weighted by Crippen LogP contribution is -2.21. The third kappa shape index (κ3) is 2.02. The zero-order valence-corrected chi connectivity index (χ0v) is 13.1. The first-order valence-electron chi connectivity index (χ1n) is 7.67. The molecule has 116 valence electrons. The predicted octanol–water partition coefficient (Wildman–Crippen LogP) is 2.96. The van der Waals surface area contributed by atoms with Gasteiger partial charge in [-0.1, -0.05) is 36.4 Å². The first-order chi connectivity index (χ1) is 12.2. The minimum atomic E-state index is -0.275. The van der Waals surface area contributed by atoms with Crippen LogP contribution in [0.2, 0.25) is 0 Å². The lowest BCUT2D eigenvalue weighted by Gasteiger charge is -2.08. The van der Waals surface area contributed by atoms with Gasteiger partial charge in [0, 0.05) is 16.5 Å². The topological polar surface area (TPSA) is 90.7 Å². The van der Waals surface area contributed by atoms with Gasteiger partial charge >= 0.3 is 0 Å². The molecule has 0 aliphatic heterocycles. The van der Waals surface area contributed by atoms with Crippen LogP contribution in [0.4, 0.5) is 5.69 Å². The summed E-state index contributed by atoms with van der Waals surface area (Å²) in [4.78, 5) is 12.8. The third-order valence-electron chi connectivity index (χ3n) is 4.45. The van der Waals surface area contributed by atoms with Gasteiger partial charge in [-0.25, -0.2) is 0 Å². The summed E-state index contributed by atoms with van der Waals surface area (Å²) in [5.74, 6) is 0. The van der Waals surface area contributed by atoms with Gasteiger partial charge in [-0.2, -0.15) is 10.5 Å². The van der Waals surface area contributed by atoms with Crippen LogP contribution >= 0.6 is 0 Å². The van der Waals surface area contributed by atoms with Gasteiger partial charge in [0.25, 0.3) is 0 Å². The maximum Gasteiger partial charge on any atom is 0.196 e. The van der Waals surface area contributed by atoms with E-state index >= 15 is 0 Å². The Balaban J connectivity index is 2.24. The van der Waals surface area contributed by atoms with Gasteiger partial charge in [0.05, 0.1) is 5.22 Å². The van der Waals surface area contributed by atoms with Gasteiger partial charge in [0.1, 0.15) is 17.7 Å². The van der Waals surface area contributed by atoms with E-state index in [9.17, 15) is 15.3 Å². The molecule has 0 aliphatic carbocycles. The highest BCUT2D eigenvalue weighted by Gasteiger charge is 2.16. The van der Waals surface area contributed by atoms with Crippen LogP contribution in [-0.4, -0.2) is 0 Å². The first kappa shape index (κ1) is 14.7. The molecular weight excluding hydrogens is 310 g/mol. The molecule has 0 unspecified atom stereocenters. The highest BCUT2D eigenvalue weighted by atomic mass is 16.1. The molecule has 0 heterocycles. The Morgan fingerprint density at radius 1 is 0.880 bits per heavy atom. The molecule has 0 bridgehead atoms. The van der Waals surface area contributed by atoms with Crippen molar-refractivity contribution in [1.82, 2.24) is 0 Å². The second kappa shape index (κ2) is 5.33. The normalized spacial score (nSPS) is 10.6. The molecule has 25 heavy (non-hydrogen) atoms. The largest absolute Gasteiger partial charge is 0.399 e. The number of benzene rings is 3. The SMILES string of the molecule is N#CC(C#N)=c1c(=O)c2ccc(-c3cccc(N)c3)c3cccc1c32. The highest BCUT2D eigenvalue weighted by Crippen LogP contribution is 2.33. The summed E-state index contributed by atoms with van der Waals surface area (Å²) >= 11 is 0. The number of hydrogen-bond acceptors (Lipinski definition) is 4. The quantitative estimate of drug-likeness (QED) is 0.546. The molecule has 0 amide bonds. The molecule has 0 saturated heterocycles. The number of nitrogens with zero attached hydrogens (tertiary/aromatic N) is 2. The van der Waals surface area contributed by atoms with E-state index in [1.807, 2.05) is 54.6 Å². The second-order valence-corrected chi connectivity index (χ2v) is 5.82. The van der Waals surface area contributed by atoms with Gasteiger partial charge < -0.3 is 5.73 Å². The van der Waals surface area contributed by atoms with Gasteiger partial charge in [-0.15, -0.1) is 0 Å². The highest BCUT2D eigenvalue weighted by molar-refractivity contribution is 6.17. The smallest absolute Gasteiger partial charge is 0.196 e. The number of nitriles is 2. The van der Waals surface area contributed by atoms with Gasteiger partial charge in [-0.05, 0) is 40.1 Å². The fraction of sp³-hybridized carbons (Fsp3) is 0. The second-order valence-electron chi connectivity index (χ2n) is 5.82. The average Bonchev–Trinajstić information content (AvgIpc) is 2.91. The van der Waals surface area contributed by atoms with Crippen molar-refractivity contribution in [3.05, 3.63) is 70.0 Å². The molecule has 4 heteroatoms. The molecule has 4 aromatic rings. The predicted molar refractivity (Wildman–Crippen MR) is 98.6 cm³/mol. The number of rotatable bonds is 1. The molecule has 2 N–H and O–H groups in total. The van der Waals surface area contributed by atoms with Crippen LogP contribution in [0.1, 0.15) is 0 Å². The minimum Gasteiger partial charge on any atom is -0.399 e. The average molecular weight is 321 g/mol. The molecule has 0 fully saturated rings. The van der Waals surface area contributed by atoms with E-state index in [1.165, 1.54) is 0 Å². The maximum atomic E-state index is 12.8. The van der Waals surface area contributed by atoms with E-state index in [4.69, 9.17) is 5.73 Å². The summed E-state index contributed by atoms with van der Waals surface area (Å²) in [5.41, 5.74) is 8.04. The lowest BCUT2D eigenvalue weighted by atomic mass is 9.96. The van der Waals surface area contributed by atoms with Crippen LogP contribution in [0.3, 0.4) is 0 Å². The standard InChI is InChI=1S/C21H11N3O/c22-10-13(11-23)19-17-6-2-5-16-15(12-3-1-4-14(24)9-12)7-8-18(20(16)17)21(19)25/h1-9H,24H2. The molecule has 0 aromatic heterocycles. The van der Waals surface area contributed by atoms with Crippen molar-refractivity contribution in [2.24, 2.45) is 0 Å². The summed E-state index contributed by atoms with van der Waals surface area (Å²) in [6.07, 6.45) is 0. The van der Waals surface area contributed by atoms with Crippen LogP contribution < -0.4 is 16.4 Å². The molecule has 0 spiro atoms. The first-order valence-corrected chi connectivity index (χ1v) is 7.67. The van der Waals surface area contributed by atoms with Gasteiger partial charge in [0.15, 0.2) is 5.43 Å². The molecule has 0 radical (unpaired) electrons. The summed E-state index contributed by atoms with van der Waals surface area (Å²) < 4.78 is 0. The van der Waals surface area contributed by atoms with E-state index in [2.05, 4.69) is 0 Å². The van der Waals surface area contributed by atoms with Crippen LogP contribution in [-0.2, 0) is 0 Å². The summed E-state index contributed by atoms with van der Waals surface area (Å²) in [5, 5.41) is 21.4. The lowest BCUT2D eigenvalue weighted by molar-refractivity contribution is 1.50. The fourth-order valence-electron chi connectivity index (χ4n) is 3.40. The van der Waals surface area contributed by atoms with Crippen LogP contribution in [0, 0.1) is 22.7 Å². The van der Waals surface area contributed by atoms with E-state index < -0.39 is 0 Å². The Morgan fingerprint density at radius 2 is 1.60 bits per heavy atom. The molecule has 0 aliphatic rings. The summed E-state index contributed by atoms with van der Waals surface area (Å²) in [6, 6.07) is 20.4. The van der Waals surface area contributed by atoms with Crippen molar-refractivity contribution < 1.29 is 0 Å². The van der Waals surface area contributed by atoms with Crippen molar-refractivity contribution in [2.45, 2.75) is 0 Å². The third-order valence-corrected chi connectivity index (χ3v) is 4.45. The molecule has 4 rings (SSSR count).